The molecule has 0 aliphatic rings. The quantitative estimate of drug-likeness (QED) is 0.925. The van der Waals surface area contributed by atoms with Crippen molar-refractivity contribution in [3.63, 3.8) is 0 Å². The molecule has 1 aromatic heterocycles. The lowest BCUT2D eigenvalue weighted by Crippen LogP contribution is -2.05. The van der Waals surface area contributed by atoms with Crippen molar-refractivity contribution in [2.24, 2.45) is 0 Å². The van der Waals surface area contributed by atoms with E-state index in [9.17, 15) is 18.0 Å². The third-order valence-corrected chi connectivity index (χ3v) is 2.99. The summed E-state index contributed by atoms with van der Waals surface area (Å²) >= 11 is 1.12. The van der Waals surface area contributed by atoms with Gasteiger partial charge in [0.15, 0.2) is 0 Å². The second kappa shape index (κ2) is 6.17. The number of nitrogens with one attached hydrogen (secondary N) is 1. The van der Waals surface area contributed by atoms with Crippen molar-refractivity contribution in [3.8, 4) is 11.4 Å². The molecule has 21 heavy (non-hydrogen) atoms. The summed E-state index contributed by atoms with van der Waals surface area (Å²) in [5.74, 6) is -0.912. The molecule has 0 aliphatic carbocycles. The molecule has 1 aromatic carbocycles. The Morgan fingerprint density at radius 1 is 1.33 bits per heavy atom. The molecular weight excluding hydrogens is 307 g/mol. The minimum Gasteiger partial charge on any atom is -0.329 e. The van der Waals surface area contributed by atoms with Crippen LogP contribution in [0.2, 0.25) is 0 Å². The average molecular weight is 317 g/mol. The summed E-state index contributed by atoms with van der Waals surface area (Å²) in [7, 11) is 0. The van der Waals surface area contributed by atoms with Crippen LogP contribution in [0.15, 0.2) is 28.8 Å². The predicted molar refractivity (Wildman–Crippen MR) is 71.9 cm³/mol. The van der Waals surface area contributed by atoms with Crippen LogP contribution in [0.3, 0.4) is 0 Å². The third kappa shape index (κ3) is 3.97. The zero-order chi connectivity index (χ0) is 15.5. The molecule has 0 atom stereocenters. The van der Waals surface area contributed by atoms with Gasteiger partial charge in [0.1, 0.15) is 0 Å². The molecule has 0 aliphatic heterocycles. The number of alkyl halides is 3. The Kier molecular flexibility index (Phi) is 4.51. The van der Waals surface area contributed by atoms with E-state index < -0.39 is 12.1 Å². The van der Waals surface area contributed by atoms with E-state index in [4.69, 9.17) is 0 Å². The maximum absolute atomic E-state index is 12.4. The van der Waals surface area contributed by atoms with Crippen molar-refractivity contribution in [3.05, 3.63) is 30.2 Å². The van der Waals surface area contributed by atoms with Gasteiger partial charge in [0, 0.05) is 11.3 Å². The molecule has 1 heterocycles. The fourth-order valence-electron chi connectivity index (χ4n) is 1.44. The molecule has 0 bridgehead atoms. The van der Waals surface area contributed by atoms with Crippen LogP contribution in [-0.4, -0.2) is 21.1 Å². The van der Waals surface area contributed by atoms with Crippen LogP contribution in [-0.2, 0) is 6.18 Å². The highest BCUT2D eigenvalue weighted by Gasteiger charge is 2.38. The summed E-state index contributed by atoms with van der Waals surface area (Å²) in [6, 6.07) is 6.09. The smallest absolute Gasteiger partial charge is 0.329 e. The summed E-state index contributed by atoms with van der Waals surface area (Å²) < 4.78 is 41.2. The number of halogens is 3. The van der Waals surface area contributed by atoms with Crippen molar-refractivity contribution in [2.45, 2.75) is 13.1 Å². The molecule has 0 fully saturated rings. The highest BCUT2D eigenvalue weighted by atomic mass is 32.2. The van der Waals surface area contributed by atoms with Gasteiger partial charge in [0.05, 0.1) is 0 Å². The van der Waals surface area contributed by atoms with Gasteiger partial charge in [-0.2, -0.15) is 18.2 Å². The van der Waals surface area contributed by atoms with E-state index in [2.05, 4.69) is 20.0 Å². The third-order valence-electron chi connectivity index (χ3n) is 2.33. The summed E-state index contributed by atoms with van der Waals surface area (Å²) in [5.41, 5.74) is 0.889. The molecule has 0 saturated heterocycles. The molecule has 1 amide bonds. The van der Waals surface area contributed by atoms with Crippen molar-refractivity contribution in [2.75, 3.05) is 11.1 Å². The summed E-state index contributed by atoms with van der Waals surface area (Å²) in [6.07, 6.45) is -4.67. The van der Waals surface area contributed by atoms with Crippen LogP contribution in [0.4, 0.5) is 23.7 Å². The van der Waals surface area contributed by atoms with Gasteiger partial charge in [-0.3, -0.25) is 4.79 Å². The van der Waals surface area contributed by atoms with E-state index in [1.54, 1.807) is 12.1 Å². The first kappa shape index (κ1) is 15.4. The number of aromatic nitrogens is 2. The minimum absolute atomic E-state index is 0.164. The van der Waals surface area contributed by atoms with Gasteiger partial charge >= 0.3 is 12.1 Å². The molecule has 0 spiro atoms. The second-order valence-electron chi connectivity index (χ2n) is 3.84. The van der Waals surface area contributed by atoms with Crippen LogP contribution >= 0.6 is 11.8 Å². The first-order valence-corrected chi connectivity index (χ1v) is 6.84. The molecule has 5 nitrogen and oxygen atoms in total. The molecule has 9 heteroatoms. The molecule has 0 unspecified atom stereocenters. The van der Waals surface area contributed by atoms with Gasteiger partial charge in [-0.15, -0.1) is 0 Å². The van der Waals surface area contributed by atoms with E-state index in [0.29, 0.717) is 17.0 Å². The largest absolute Gasteiger partial charge is 0.471 e. The van der Waals surface area contributed by atoms with E-state index in [1.165, 1.54) is 12.1 Å². The molecule has 2 rings (SSSR count). The first-order chi connectivity index (χ1) is 9.90. The van der Waals surface area contributed by atoms with Gasteiger partial charge in [-0.25, -0.2) is 0 Å². The molecule has 1 N–H and O–H groups in total. The number of rotatable bonds is 3. The lowest BCUT2D eigenvalue weighted by molar-refractivity contribution is -0.159. The predicted octanol–water partition coefficient (Wildman–Crippen LogP) is 4.04. The lowest BCUT2D eigenvalue weighted by atomic mass is 10.2. The molecular formula is C12H10F3N3O2S. The van der Waals surface area contributed by atoms with Crippen molar-refractivity contribution in [1.82, 2.24) is 10.1 Å². The Morgan fingerprint density at radius 2 is 2.00 bits per heavy atom. The highest BCUT2D eigenvalue weighted by molar-refractivity contribution is 8.13. The van der Waals surface area contributed by atoms with Crippen molar-refractivity contribution < 1.29 is 22.5 Å². The Labute approximate surface area is 121 Å². The van der Waals surface area contributed by atoms with Crippen LogP contribution < -0.4 is 5.32 Å². The standard InChI is InChI=1S/C12H10F3N3O2S/c1-2-21-11(19)16-8-5-3-7(4-6-8)9-17-10(20-18-9)12(13,14)15/h3-6H,2H2,1H3,(H,16,19). The monoisotopic (exact) mass is 317 g/mol. The van der Waals surface area contributed by atoms with Crippen molar-refractivity contribution in [1.29, 1.82) is 0 Å². The molecule has 2 aromatic rings. The fraction of sp³-hybridized carbons (Fsp3) is 0.250. The molecule has 0 saturated carbocycles. The van der Waals surface area contributed by atoms with E-state index in [0.717, 1.165) is 11.8 Å². The van der Waals surface area contributed by atoms with Gasteiger partial charge < -0.3 is 9.84 Å². The van der Waals surface area contributed by atoms with Gasteiger partial charge in [-0.1, -0.05) is 23.8 Å². The Balaban J connectivity index is 2.12. The lowest BCUT2D eigenvalue weighted by Gasteiger charge is -2.03. The first-order valence-electron chi connectivity index (χ1n) is 5.85. The Hall–Kier alpha value is -2.03. The number of nitrogens with zero attached hydrogens (tertiary/aromatic N) is 2. The summed E-state index contributed by atoms with van der Waals surface area (Å²) in [6.45, 7) is 1.85. The van der Waals surface area contributed by atoms with Crippen LogP contribution in [0.25, 0.3) is 11.4 Å². The zero-order valence-corrected chi connectivity index (χ0v) is 11.6. The van der Waals surface area contributed by atoms with Gasteiger partial charge in [-0.05, 0) is 30.0 Å². The number of hydrogen-bond donors (Lipinski definition) is 1. The van der Waals surface area contributed by atoms with Crippen LogP contribution in [0, 0.1) is 0 Å². The number of carbonyl (C=O) groups excluding carboxylic acids is 1. The van der Waals surface area contributed by atoms with Gasteiger partial charge in [0.25, 0.3) is 5.24 Å². The number of anilines is 1. The Morgan fingerprint density at radius 3 is 2.52 bits per heavy atom. The number of hydrogen-bond acceptors (Lipinski definition) is 5. The SMILES string of the molecule is CCSC(=O)Nc1ccc(-c2noc(C(F)(F)F)n2)cc1. The maximum atomic E-state index is 12.4. The fourth-order valence-corrected chi connectivity index (χ4v) is 1.90. The number of amides is 1. The second-order valence-corrected chi connectivity index (χ2v) is 5.08. The molecule has 112 valence electrons. The van der Waals surface area contributed by atoms with Crippen molar-refractivity contribution >= 4 is 22.7 Å². The topological polar surface area (TPSA) is 68.0 Å². The van der Waals surface area contributed by atoms with Gasteiger partial charge in [0.2, 0.25) is 5.82 Å². The zero-order valence-electron chi connectivity index (χ0n) is 10.8. The van der Waals surface area contributed by atoms with E-state index in [1.807, 2.05) is 6.92 Å². The van der Waals surface area contributed by atoms with E-state index >= 15 is 0 Å². The Bertz CT molecular complexity index is 625. The van der Waals surface area contributed by atoms with Crippen LogP contribution in [0.1, 0.15) is 12.8 Å². The highest BCUT2D eigenvalue weighted by Crippen LogP contribution is 2.29. The normalized spacial score (nSPS) is 11.4. The minimum atomic E-state index is -4.67. The van der Waals surface area contributed by atoms with E-state index in [-0.39, 0.29) is 11.1 Å². The summed E-state index contributed by atoms with van der Waals surface area (Å²) in [4.78, 5) is 14.6. The number of carbonyl (C=O) groups is 1. The maximum Gasteiger partial charge on any atom is 0.471 e. The number of thioether (sulfide) groups is 1. The number of benzene rings is 1. The average Bonchev–Trinajstić information content (AvgIpc) is 2.89. The van der Waals surface area contributed by atoms with Crippen LogP contribution in [0.5, 0.6) is 0 Å². The summed E-state index contributed by atoms with van der Waals surface area (Å²) in [5, 5.41) is 5.70. The molecule has 0 radical (unpaired) electrons.